The second-order valence-electron chi connectivity index (χ2n) is 12.8. The molecule has 2 unspecified atom stereocenters. The third kappa shape index (κ3) is 31.9. The summed E-state index contributed by atoms with van der Waals surface area (Å²) in [6.45, 7) is 2.16. The number of carbonyl (C=O) groups is 6. The van der Waals surface area contributed by atoms with Crippen LogP contribution in [0, 0.1) is 0 Å². The molecule has 12 N–H and O–H groups in total. The maximum absolute atomic E-state index is 11.4. The van der Waals surface area contributed by atoms with E-state index in [9.17, 15) is 49.2 Å². The molecule has 0 aromatic heterocycles. The molecule has 0 aliphatic carbocycles. The van der Waals surface area contributed by atoms with Gasteiger partial charge >= 0.3 is 35.8 Å². The predicted octanol–water partition coefficient (Wildman–Crippen LogP) is -6.29. The first-order chi connectivity index (χ1) is 25.5. The molecular weight excluding hydrogens is 722 g/mol. The monoisotopic (exact) mass is 783 g/mol. The first-order valence-electron chi connectivity index (χ1n) is 17.5. The Morgan fingerprint density at radius 3 is 0.926 bits per heavy atom. The zero-order chi connectivity index (χ0) is 40.9. The minimum atomic E-state index is -1.07. The first-order valence-corrected chi connectivity index (χ1v) is 17.5. The van der Waals surface area contributed by atoms with Gasteiger partial charge in [0.25, 0.3) is 0 Å². The smallest absolute Gasteiger partial charge is 0.317 e. The predicted molar refractivity (Wildman–Crippen MR) is 193 cm³/mol. The highest BCUT2D eigenvalue weighted by Crippen LogP contribution is 2.02. The summed E-state index contributed by atoms with van der Waals surface area (Å²) in [5, 5.41) is 87.1. The summed E-state index contributed by atoms with van der Waals surface area (Å²) in [5.74, 6) is -6.31. The summed E-state index contributed by atoms with van der Waals surface area (Å²) < 4.78 is 0. The average Bonchev–Trinajstić information content (AvgIpc) is 3.04. The second-order valence-corrected chi connectivity index (χ2v) is 12.8. The number of likely N-dealkylation sites (N-methyl/N-ethyl adjacent to an activating group) is 1. The highest BCUT2D eigenvalue weighted by atomic mass is 16.4. The van der Waals surface area contributed by atoms with Crippen LogP contribution in [0.5, 0.6) is 0 Å². The molecule has 0 amide bonds. The zero-order valence-electron chi connectivity index (χ0n) is 31.0. The first kappa shape index (κ1) is 50.4. The molecule has 0 rings (SSSR count). The van der Waals surface area contributed by atoms with Crippen LogP contribution in [0.2, 0.25) is 0 Å². The molecule has 0 saturated heterocycles. The van der Waals surface area contributed by atoms with Gasteiger partial charge in [0.15, 0.2) is 0 Å². The fraction of sp³-hybridized carbons (Fsp3) is 0.806. The fourth-order valence-corrected chi connectivity index (χ4v) is 5.31. The number of carboxylic acids is 6. The largest absolute Gasteiger partial charge is 0.480 e. The molecular formula is C31H61N9O14. The molecule has 0 aliphatic rings. The lowest BCUT2D eigenvalue weighted by Gasteiger charge is -2.32. The van der Waals surface area contributed by atoms with Crippen molar-refractivity contribution in [1.82, 2.24) is 45.8 Å². The topological polar surface area (TPSA) is 329 Å². The van der Waals surface area contributed by atoms with Crippen LogP contribution in [-0.2, 0) is 28.8 Å². The van der Waals surface area contributed by atoms with Gasteiger partial charge in [-0.3, -0.25) is 48.4 Å². The number of nitrogens with zero attached hydrogens (tertiary/aromatic N) is 5. The van der Waals surface area contributed by atoms with E-state index in [-0.39, 0.29) is 118 Å². The molecule has 0 aliphatic heterocycles. The molecule has 0 heterocycles. The fourth-order valence-electron chi connectivity index (χ4n) is 5.31. The van der Waals surface area contributed by atoms with Crippen molar-refractivity contribution in [3.8, 4) is 0 Å². The van der Waals surface area contributed by atoms with E-state index in [1.807, 2.05) is 9.80 Å². The molecule has 314 valence electrons. The van der Waals surface area contributed by atoms with Crippen LogP contribution < -0.4 is 21.3 Å². The van der Waals surface area contributed by atoms with Crippen molar-refractivity contribution in [2.45, 2.75) is 12.2 Å². The van der Waals surface area contributed by atoms with Crippen molar-refractivity contribution >= 4 is 35.8 Å². The lowest BCUT2D eigenvalue weighted by molar-refractivity contribution is -0.139. The lowest BCUT2D eigenvalue weighted by Crippen LogP contribution is -2.48. The Balaban J connectivity index is 5.35. The molecule has 0 saturated carbocycles. The van der Waals surface area contributed by atoms with Crippen LogP contribution in [-0.4, -0.2) is 264 Å². The summed E-state index contributed by atoms with van der Waals surface area (Å²) >= 11 is 0. The van der Waals surface area contributed by atoms with Crippen molar-refractivity contribution in [1.29, 1.82) is 0 Å². The molecule has 54 heavy (non-hydrogen) atoms. The van der Waals surface area contributed by atoms with Gasteiger partial charge in [-0.25, -0.2) is 0 Å². The van der Waals surface area contributed by atoms with Crippen LogP contribution in [0.1, 0.15) is 0 Å². The maximum Gasteiger partial charge on any atom is 0.317 e. The van der Waals surface area contributed by atoms with Gasteiger partial charge in [0.2, 0.25) is 0 Å². The molecule has 23 nitrogen and oxygen atoms in total. The summed E-state index contributed by atoms with van der Waals surface area (Å²) in [4.78, 5) is 74.9. The highest BCUT2D eigenvalue weighted by Gasteiger charge is 2.20. The number of hydrogen-bond donors (Lipinski definition) is 12. The van der Waals surface area contributed by atoms with Crippen LogP contribution in [0.25, 0.3) is 0 Å². The minimum absolute atomic E-state index is 0.129. The molecule has 23 heteroatoms. The van der Waals surface area contributed by atoms with Gasteiger partial charge in [0, 0.05) is 105 Å². The summed E-state index contributed by atoms with van der Waals surface area (Å²) in [6, 6.07) is 0. The molecule has 0 aromatic rings. The number of nitrogens with one attached hydrogen (secondary N) is 4. The minimum Gasteiger partial charge on any atom is -0.480 e. The van der Waals surface area contributed by atoms with Crippen molar-refractivity contribution in [2.24, 2.45) is 0 Å². The maximum atomic E-state index is 11.4. The van der Waals surface area contributed by atoms with Crippen molar-refractivity contribution < 1.29 is 69.6 Å². The van der Waals surface area contributed by atoms with Gasteiger partial charge in [-0.15, -0.1) is 0 Å². The van der Waals surface area contributed by atoms with E-state index >= 15 is 0 Å². The Bertz CT molecular complexity index is 1030. The molecule has 0 bridgehead atoms. The lowest BCUT2D eigenvalue weighted by atomic mass is 10.2. The van der Waals surface area contributed by atoms with E-state index in [1.54, 1.807) is 21.7 Å². The number of aliphatic hydroxyl groups is 2. The van der Waals surface area contributed by atoms with Gasteiger partial charge in [0.1, 0.15) is 0 Å². The highest BCUT2D eigenvalue weighted by molar-refractivity contribution is 5.70. The van der Waals surface area contributed by atoms with E-state index in [0.29, 0.717) is 26.2 Å². The Labute approximate surface area is 314 Å². The van der Waals surface area contributed by atoms with Gasteiger partial charge < -0.3 is 67.0 Å². The summed E-state index contributed by atoms with van der Waals surface area (Å²) in [5.41, 5.74) is 0. The number of rotatable bonds is 38. The van der Waals surface area contributed by atoms with Crippen LogP contribution in [0.15, 0.2) is 0 Å². The number of carboxylic acid groups (broad SMARTS) is 6. The summed E-state index contributed by atoms with van der Waals surface area (Å²) in [6.07, 6.45) is -1.86. The van der Waals surface area contributed by atoms with E-state index in [0.717, 1.165) is 0 Å². The van der Waals surface area contributed by atoms with Gasteiger partial charge in [-0.05, 0) is 7.05 Å². The third-order valence-corrected chi connectivity index (χ3v) is 7.69. The van der Waals surface area contributed by atoms with Crippen molar-refractivity contribution in [3.05, 3.63) is 0 Å². The second kappa shape index (κ2) is 30.7. The van der Waals surface area contributed by atoms with Crippen LogP contribution in [0.3, 0.4) is 0 Å². The number of aliphatic hydroxyl groups excluding tert-OH is 2. The molecule has 0 spiro atoms. The zero-order valence-corrected chi connectivity index (χ0v) is 31.0. The Hall–Kier alpha value is -3.62. The van der Waals surface area contributed by atoms with E-state index < -0.39 is 48.0 Å². The quantitative estimate of drug-likeness (QED) is 0.0259. The normalized spacial score (nSPS) is 12.9. The molecule has 0 aromatic carbocycles. The Morgan fingerprint density at radius 2 is 0.667 bits per heavy atom. The number of hydrogen-bond acceptors (Lipinski definition) is 17. The third-order valence-electron chi connectivity index (χ3n) is 7.69. The average molecular weight is 784 g/mol. The van der Waals surface area contributed by atoms with Gasteiger partial charge in [-0.1, -0.05) is 0 Å². The van der Waals surface area contributed by atoms with E-state index in [4.69, 9.17) is 20.4 Å². The summed E-state index contributed by atoms with van der Waals surface area (Å²) in [7, 11) is 1.70. The SMILES string of the molecule is CN(CC(O)CN(CCNCC(=O)O)CCN(CCNCC(=O)O)CC(=O)O)CC(O)CN(CCNCC(=O)O)CCN(CCNCC(=O)O)CC(=O)O. The standard InChI is InChI=1S/C31H61N9O14/c1-36(18-24(41)20-37(6-2-32-14-26(43)44)10-12-39(22-30(51)52)8-4-34-16-28(47)48)19-25(42)21-38(7-3-33-15-27(45)46)11-13-40(23-31(53)54)9-5-35-17-29(49)50/h24-25,32-35,41-42H,2-23H2,1H3,(H,43,44)(H,45,46)(H,47,48)(H,49,50)(H,51,52)(H,53,54). The van der Waals surface area contributed by atoms with E-state index in [1.165, 1.54) is 0 Å². The van der Waals surface area contributed by atoms with Crippen LogP contribution >= 0.6 is 0 Å². The number of aliphatic carboxylic acids is 6. The van der Waals surface area contributed by atoms with Crippen molar-refractivity contribution in [2.75, 3.05) is 151 Å². The van der Waals surface area contributed by atoms with Crippen molar-refractivity contribution in [3.63, 3.8) is 0 Å². The molecule has 0 fully saturated rings. The molecule has 2 atom stereocenters. The van der Waals surface area contributed by atoms with Gasteiger partial charge in [0.05, 0.1) is 51.5 Å². The Morgan fingerprint density at radius 1 is 0.407 bits per heavy atom. The Kier molecular flexibility index (Phi) is 28.6. The van der Waals surface area contributed by atoms with Crippen LogP contribution in [0.4, 0.5) is 0 Å². The molecule has 0 radical (unpaired) electrons. The van der Waals surface area contributed by atoms with Gasteiger partial charge in [-0.2, -0.15) is 0 Å². The van der Waals surface area contributed by atoms with E-state index in [2.05, 4.69) is 21.3 Å².